The first-order valence-corrected chi connectivity index (χ1v) is 14.3. The Kier molecular flexibility index (Phi) is 7.79. The number of likely N-dealkylation sites (tertiary alicyclic amines) is 1. The van der Waals surface area contributed by atoms with Crippen LogP contribution in [0.25, 0.3) is 0 Å². The fourth-order valence-corrected chi connectivity index (χ4v) is 6.91. The Labute approximate surface area is 233 Å². The lowest BCUT2D eigenvalue weighted by Crippen LogP contribution is -2.59. The van der Waals surface area contributed by atoms with E-state index in [-0.39, 0.29) is 6.04 Å². The first-order valence-electron chi connectivity index (χ1n) is 13.2. The Morgan fingerprint density at radius 2 is 1.95 bits per heavy atom. The fourth-order valence-electron chi connectivity index (χ4n) is 6.19. The summed E-state index contributed by atoms with van der Waals surface area (Å²) < 4.78 is 0. The number of piperidine rings is 1. The molecule has 3 fully saturated rings. The maximum atomic E-state index is 11.7. The Bertz CT molecular complexity index is 1150. The molecule has 2 atom stereocenters. The molecule has 0 radical (unpaired) electrons. The molecule has 1 saturated carbocycles. The molecule has 7 nitrogen and oxygen atoms in total. The van der Waals surface area contributed by atoms with Crippen LogP contribution in [0.3, 0.4) is 0 Å². The third-order valence-corrected chi connectivity index (χ3v) is 9.60. The van der Waals surface area contributed by atoms with Crippen molar-refractivity contribution < 1.29 is 9.90 Å². The van der Waals surface area contributed by atoms with Crippen molar-refractivity contribution in [2.45, 2.75) is 58.0 Å². The number of nitrogens with zero attached hydrogens (tertiary/aromatic N) is 4. The van der Waals surface area contributed by atoms with Gasteiger partial charge in [-0.3, -0.25) is 4.79 Å². The number of aromatic nitrogens is 2. The van der Waals surface area contributed by atoms with E-state index in [1.54, 1.807) is 12.3 Å². The highest BCUT2D eigenvalue weighted by molar-refractivity contribution is 6.35. The van der Waals surface area contributed by atoms with Crippen LogP contribution in [0.4, 0.5) is 11.8 Å². The van der Waals surface area contributed by atoms with Crippen LogP contribution in [0, 0.1) is 17.3 Å². The Morgan fingerprint density at radius 1 is 1.19 bits per heavy atom. The van der Waals surface area contributed by atoms with E-state index in [9.17, 15) is 9.90 Å². The number of carboxylic acid groups (broad SMARTS) is 1. The molecule has 1 aromatic heterocycles. The number of aliphatic carboxylic acids is 1. The molecular formula is C27H34Cl3N5O2. The molecule has 1 aromatic carbocycles. The van der Waals surface area contributed by atoms with Gasteiger partial charge in [0, 0.05) is 35.7 Å². The Hall–Kier alpha value is -1.80. The monoisotopic (exact) mass is 565 g/mol. The molecule has 1 aliphatic carbocycles. The van der Waals surface area contributed by atoms with Crippen LogP contribution < -0.4 is 10.2 Å². The van der Waals surface area contributed by atoms with E-state index >= 15 is 0 Å². The molecule has 200 valence electrons. The van der Waals surface area contributed by atoms with Crippen molar-refractivity contribution in [1.82, 2.24) is 14.9 Å². The van der Waals surface area contributed by atoms with Crippen LogP contribution in [0.15, 0.2) is 24.4 Å². The second-order valence-electron chi connectivity index (χ2n) is 11.0. The maximum Gasteiger partial charge on any atom is 0.309 e. The maximum absolute atomic E-state index is 11.7. The van der Waals surface area contributed by atoms with Gasteiger partial charge < -0.3 is 20.2 Å². The largest absolute Gasteiger partial charge is 0.481 e. The highest BCUT2D eigenvalue weighted by atomic mass is 35.5. The van der Waals surface area contributed by atoms with Gasteiger partial charge >= 0.3 is 5.97 Å². The van der Waals surface area contributed by atoms with E-state index in [1.807, 2.05) is 26.0 Å². The number of carbonyl (C=O) groups is 1. The first-order chi connectivity index (χ1) is 17.7. The van der Waals surface area contributed by atoms with Crippen LogP contribution in [-0.4, -0.2) is 58.2 Å². The van der Waals surface area contributed by atoms with Crippen molar-refractivity contribution in [1.29, 1.82) is 0 Å². The summed E-state index contributed by atoms with van der Waals surface area (Å²) in [5.41, 5.74) is 0.415. The van der Waals surface area contributed by atoms with E-state index in [4.69, 9.17) is 39.8 Å². The molecule has 2 saturated heterocycles. The number of nitrogens with one attached hydrogen (secondary N) is 1. The SMILES string of the molecule is CCC1(C(=O)O)CC(N2CCCC(C3CN(c4ncc(Cl)c(NC(C)c5ccc(Cl)cc5Cl)n4)C3)C2)C1. The quantitative estimate of drug-likeness (QED) is 0.382. The molecule has 3 aliphatic rings. The molecule has 3 heterocycles. The Morgan fingerprint density at radius 3 is 2.62 bits per heavy atom. The van der Waals surface area contributed by atoms with Gasteiger partial charge in [0.1, 0.15) is 5.02 Å². The van der Waals surface area contributed by atoms with Crippen molar-refractivity contribution in [3.05, 3.63) is 45.0 Å². The number of halogens is 3. The number of anilines is 2. The van der Waals surface area contributed by atoms with Crippen molar-refractivity contribution in [3.8, 4) is 0 Å². The van der Waals surface area contributed by atoms with Gasteiger partial charge in [0.2, 0.25) is 5.95 Å². The number of rotatable bonds is 8. The predicted octanol–water partition coefficient (Wildman–Crippen LogP) is 6.40. The molecule has 10 heteroatoms. The topological polar surface area (TPSA) is 81.6 Å². The third kappa shape index (κ3) is 5.38. The van der Waals surface area contributed by atoms with Crippen molar-refractivity contribution in [3.63, 3.8) is 0 Å². The molecule has 2 N–H and O–H groups in total. The molecular weight excluding hydrogens is 533 g/mol. The van der Waals surface area contributed by atoms with E-state index in [0.717, 1.165) is 51.0 Å². The lowest BCUT2D eigenvalue weighted by Gasteiger charge is -2.53. The first kappa shape index (κ1) is 26.8. The van der Waals surface area contributed by atoms with Gasteiger partial charge in [0.15, 0.2) is 5.82 Å². The van der Waals surface area contributed by atoms with Crippen molar-refractivity contribution in [2.75, 3.05) is 36.4 Å². The molecule has 37 heavy (non-hydrogen) atoms. The highest BCUT2D eigenvalue weighted by Crippen LogP contribution is 2.48. The average Bonchev–Trinajstić information content (AvgIpc) is 2.80. The predicted molar refractivity (Wildman–Crippen MR) is 149 cm³/mol. The fraction of sp³-hybridized carbons (Fsp3) is 0.593. The van der Waals surface area contributed by atoms with E-state index in [1.165, 1.54) is 12.8 Å². The highest BCUT2D eigenvalue weighted by Gasteiger charge is 2.51. The smallest absolute Gasteiger partial charge is 0.309 e. The van der Waals surface area contributed by atoms with Crippen LogP contribution in [0.1, 0.15) is 57.6 Å². The second kappa shape index (κ2) is 10.8. The minimum atomic E-state index is -0.628. The van der Waals surface area contributed by atoms with Gasteiger partial charge in [-0.25, -0.2) is 4.98 Å². The van der Waals surface area contributed by atoms with Gasteiger partial charge in [-0.1, -0.05) is 47.8 Å². The zero-order valence-electron chi connectivity index (χ0n) is 21.3. The molecule has 2 aliphatic heterocycles. The molecule has 2 unspecified atom stereocenters. The number of hydrogen-bond acceptors (Lipinski definition) is 6. The van der Waals surface area contributed by atoms with E-state index < -0.39 is 11.4 Å². The molecule has 0 amide bonds. The van der Waals surface area contributed by atoms with Crippen LogP contribution in [0.2, 0.25) is 15.1 Å². The summed E-state index contributed by atoms with van der Waals surface area (Å²) in [5.74, 6) is 1.86. The summed E-state index contributed by atoms with van der Waals surface area (Å²) in [4.78, 5) is 25.7. The van der Waals surface area contributed by atoms with Gasteiger partial charge in [-0.2, -0.15) is 4.98 Å². The van der Waals surface area contributed by atoms with E-state index in [0.29, 0.717) is 44.7 Å². The van der Waals surface area contributed by atoms with Gasteiger partial charge in [0.05, 0.1) is 17.7 Å². The molecule has 0 bridgehead atoms. The molecule has 5 rings (SSSR count). The van der Waals surface area contributed by atoms with Crippen LogP contribution >= 0.6 is 34.8 Å². The van der Waals surface area contributed by atoms with Crippen molar-refractivity contribution in [2.24, 2.45) is 17.3 Å². The zero-order chi connectivity index (χ0) is 26.3. The summed E-state index contributed by atoms with van der Waals surface area (Å²) in [6.45, 7) is 8.01. The Balaban J connectivity index is 1.17. The van der Waals surface area contributed by atoms with Gasteiger partial charge in [-0.05, 0) is 75.1 Å². The van der Waals surface area contributed by atoms with E-state index in [2.05, 4.69) is 20.1 Å². The lowest BCUT2D eigenvalue weighted by atomic mass is 9.63. The summed E-state index contributed by atoms with van der Waals surface area (Å²) in [6, 6.07) is 5.76. The minimum Gasteiger partial charge on any atom is -0.481 e. The van der Waals surface area contributed by atoms with Gasteiger partial charge in [-0.15, -0.1) is 0 Å². The number of carboxylic acids is 1. The number of hydrogen-bond donors (Lipinski definition) is 2. The molecule has 0 spiro atoms. The normalized spacial score (nSPS) is 27.3. The summed E-state index contributed by atoms with van der Waals surface area (Å²) in [5, 5.41) is 14.7. The lowest BCUT2D eigenvalue weighted by molar-refractivity contribution is -0.161. The minimum absolute atomic E-state index is 0.110. The third-order valence-electron chi connectivity index (χ3n) is 8.76. The zero-order valence-corrected chi connectivity index (χ0v) is 23.5. The van der Waals surface area contributed by atoms with Gasteiger partial charge in [0.25, 0.3) is 0 Å². The summed E-state index contributed by atoms with van der Waals surface area (Å²) in [7, 11) is 0. The average molecular weight is 567 g/mol. The summed E-state index contributed by atoms with van der Waals surface area (Å²) in [6.07, 6.45) is 6.36. The van der Waals surface area contributed by atoms with Crippen LogP contribution in [-0.2, 0) is 4.79 Å². The number of benzene rings is 1. The summed E-state index contributed by atoms with van der Waals surface area (Å²) >= 11 is 18.8. The van der Waals surface area contributed by atoms with Crippen molar-refractivity contribution >= 4 is 52.5 Å². The van der Waals surface area contributed by atoms with Crippen LogP contribution in [0.5, 0.6) is 0 Å². The molecule has 2 aromatic rings. The standard InChI is InChI=1S/C27H34Cl3N5O2/c1-3-27(25(36)37)10-20(11-27)34-8-4-5-17(13-34)18-14-35(15-18)26-31-12-23(30)24(33-26)32-16(2)21-7-6-19(28)9-22(21)29/h6-7,9,12,16-18,20H,3-5,8,10-11,13-15H2,1-2H3,(H,36,37)(H,31,32,33). The second-order valence-corrected chi connectivity index (χ2v) is 12.2.